The highest BCUT2D eigenvalue weighted by Crippen LogP contribution is 2.15. The first-order chi connectivity index (χ1) is 9.60. The molecule has 0 saturated heterocycles. The Balaban J connectivity index is 2.00. The van der Waals surface area contributed by atoms with Gasteiger partial charge in [-0.2, -0.15) is 11.3 Å². The third kappa shape index (κ3) is 3.61. The molecular formula is C16H20N2OS. The van der Waals surface area contributed by atoms with Gasteiger partial charge in [0.2, 0.25) is 0 Å². The molecule has 0 spiro atoms. The van der Waals surface area contributed by atoms with Crippen molar-refractivity contribution in [3.63, 3.8) is 0 Å². The SMILES string of the molecule is CNc1ccc(C(=O)NC(C)Cc2ccsc2)c(C)c1. The summed E-state index contributed by atoms with van der Waals surface area (Å²) in [6.07, 6.45) is 0.864. The Morgan fingerprint density at radius 3 is 2.75 bits per heavy atom. The second-order valence-corrected chi connectivity index (χ2v) is 5.77. The number of aryl methyl sites for hydroxylation is 1. The van der Waals surface area contributed by atoms with Crippen LogP contribution < -0.4 is 10.6 Å². The molecule has 1 aromatic carbocycles. The van der Waals surface area contributed by atoms with Crippen molar-refractivity contribution in [3.8, 4) is 0 Å². The van der Waals surface area contributed by atoms with Crippen molar-refractivity contribution in [2.24, 2.45) is 0 Å². The number of carbonyl (C=O) groups excluding carboxylic acids is 1. The number of hydrogen-bond donors (Lipinski definition) is 2. The Morgan fingerprint density at radius 2 is 2.15 bits per heavy atom. The zero-order valence-electron chi connectivity index (χ0n) is 12.1. The molecule has 2 rings (SSSR count). The zero-order chi connectivity index (χ0) is 14.5. The standard InChI is InChI=1S/C16H20N2OS/c1-11-8-14(17-3)4-5-15(11)16(19)18-12(2)9-13-6-7-20-10-13/h4-8,10,12,17H,9H2,1-3H3,(H,18,19). The summed E-state index contributed by atoms with van der Waals surface area (Å²) in [5.74, 6) is -0.00659. The van der Waals surface area contributed by atoms with E-state index in [1.54, 1.807) is 11.3 Å². The number of thiophene rings is 1. The van der Waals surface area contributed by atoms with Gasteiger partial charge in [-0.15, -0.1) is 0 Å². The third-order valence-electron chi connectivity index (χ3n) is 3.26. The Morgan fingerprint density at radius 1 is 1.35 bits per heavy atom. The largest absolute Gasteiger partial charge is 0.388 e. The predicted molar refractivity (Wildman–Crippen MR) is 85.7 cm³/mol. The molecule has 0 saturated carbocycles. The number of rotatable bonds is 5. The second-order valence-electron chi connectivity index (χ2n) is 4.99. The van der Waals surface area contributed by atoms with Gasteiger partial charge < -0.3 is 10.6 Å². The van der Waals surface area contributed by atoms with Crippen LogP contribution in [-0.4, -0.2) is 19.0 Å². The molecule has 1 aromatic heterocycles. The van der Waals surface area contributed by atoms with E-state index in [1.807, 2.05) is 39.1 Å². The summed E-state index contributed by atoms with van der Waals surface area (Å²) < 4.78 is 0. The summed E-state index contributed by atoms with van der Waals surface area (Å²) in [4.78, 5) is 12.3. The molecule has 0 radical (unpaired) electrons. The van der Waals surface area contributed by atoms with Gasteiger partial charge in [0.05, 0.1) is 0 Å². The van der Waals surface area contributed by atoms with Gasteiger partial charge in [-0.25, -0.2) is 0 Å². The normalized spacial score (nSPS) is 11.9. The predicted octanol–water partition coefficient (Wildman–Crippen LogP) is 3.46. The van der Waals surface area contributed by atoms with E-state index in [4.69, 9.17) is 0 Å². The Hall–Kier alpha value is -1.81. The van der Waals surface area contributed by atoms with E-state index in [1.165, 1.54) is 5.56 Å². The van der Waals surface area contributed by atoms with Crippen LogP contribution >= 0.6 is 11.3 Å². The van der Waals surface area contributed by atoms with Crippen LogP contribution in [0.5, 0.6) is 0 Å². The number of amides is 1. The third-order valence-corrected chi connectivity index (χ3v) is 3.99. The Bertz CT molecular complexity index is 578. The smallest absolute Gasteiger partial charge is 0.251 e. The summed E-state index contributed by atoms with van der Waals surface area (Å²) in [7, 11) is 1.87. The van der Waals surface area contributed by atoms with Crippen LogP contribution in [-0.2, 0) is 6.42 Å². The van der Waals surface area contributed by atoms with Gasteiger partial charge in [0, 0.05) is 24.3 Å². The van der Waals surface area contributed by atoms with Gasteiger partial charge >= 0.3 is 0 Å². The molecule has 1 atom stereocenters. The molecule has 20 heavy (non-hydrogen) atoms. The second kappa shape index (κ2) is 6.57. The van der Waals surface area contributed by atoms with Gasteiger partial charge in [-0.05, 0) is 66.4 Å². The molecule has 1 heterocycles. The molecule has 0 fully saturated rings. The van der Waals surface area contributed by atoms with E-state index >= 15 is 0 Å². The summed E-state index contributed by atoms with van der Waals surface area (Å²) in [5, 5.41) is 10.3. The topological polar surface area (TPSA) is 41.1 Å². The van der Waals surface area contributed by atoms with Crippen molar-refractivity contribution in [2.75, 3.05) is 12.4 Å². The highest BCUT2D eigenvalue weighted by atomic mass is 32.1. The fourth-order valence-corrected chi connectivity index (χ4v) is 2.87. The van der Waals surface area contributed by atoms with Crippen LogP contribution in [0.2, 0.25) is 0 Å². The van der Waals surface area contributed by atoms with Crippen LogP contribution in [0.25, 0.3) is 0 Å². The highest BCUT2D eigenvalue weighted by Gasteiger charge is 2.12. The summed E-state index contributed by atoms with van der Waals surface area (Å²) >= 11 is 1.68. The molecule has 2 N–H and O–H groups in total. The van der Waals surface area contributed by atoms with Crippen molar-refractivity contribution in [2.45, 2.75) is 26.3 Å². The van der Waals surface area contributed by atoms with Gasteiger partial charge in [0.1, 0.15) is 0 Å². The first-order valence-corrected chi connectivity index (χ1v) is 7.64. The average Bonchev–Trinajstić information content (AvgIpc) is 2.90. The lowest BCUT2D eigenvalue weighted by Crippen LogP contribution is -2.34. The first-order valence-electron chi connectivity index (χ1n) is 6.70. The molecule has 3 nitrogen and oxygen atoms in total. The summed E-state index contributed by atoms with van der Waals surface area (Å²) in [5.41, 5.74) is 4.01. The maximum absolute atomic E-state index is 12.3. The zero-order valence-corrected chi connectivity index (χ0v) is 12.9. The van der Waals surface area contributed by atoms with E-state index in [-0.39, 0.29) is 11.9 Å². The number of hydrogen-bond acceptors (Lipinski definition) is 3. The highest BCUT2D eigenvalue weighted by molar-refractivity contribution is 7.07. The lowest BCUT2D eigenvalue weighted by molar-refractivity contribution is 0.0939. The van der Waals surface area contributed by atoms with E-state index in [2.05, 4.69) is 27.5 Å². The van der Waals surface area contributed by atoms with E-state index in [0.717, 1.165) is 23.2 Å². The summed E-state index contributed by atoms with van der Waals surface area (Å²) in [6.45, 7) is 3.99. The van der Waals surface area contributed by atoms with Gasteiger partial charge in [-0.3, -0.25) is 4.79 Å². The fourth-order valence-electron chi connectivity index (χ4n) is 2.19. The minimum Gasteiger partial charge on any atom is -0.388 e. The van der Waals surface area contributed by atoms with E-state index < -0.39 is 0 Å². The Labute approximate surface area is 124 Å². The molecule has 0 bridgehead atoms. The molecule has 0 aliphatic heterocycles. The maximum atomic E-state index is 12.3. The monoisotopic (exact) mass is 288 g/mol. The van der Waals surface area contributed by atoms with E-state index in [9.17, 15) is 4.79 Å². The molecule has 0 aliphatic carbocycles. The van der Waals surface area contributed by atoms with Crippen molar-refractivity contribution >= 4 is 22.9 Å². The molecular weight excluding hydrogens is 268 g/mol. The lowest BCUT2D eigenvalue weighted by atomic mass is 10.1. The summed E-state index contributed by atoms with van der Waals surface area (Å²) in [6, 6.07) is 8.00. The number of anilines is 1. The Kier molecular flexibility index (Phi) is 4.79. The number of carbonyl (C=O) groups is 1. The van der Waals surface area contributed by atoms with Crippen LogP contribution in [0.1, 0.15) is 28.4 Å². The molecule has 106 valence electrons. The first kappa shape index (κ1) is 14.6. The van der Waals surface area contributed by atoms with Crippen molar-refractivity contribution < 1.29 is 4.79 Å². The van der Waals surface area contributed by atoms with Crippen molar-refractivity contribution in [1.82, 2.24) is 5.32 Å². The van der Waals surface area contributed by atoms with E-state index in [0.29, 0.717) is 0 Å². The minimum atomic E-state index is -0.00659. The maximum Gasteiger partial charge on any atom is 0.251 e. The van der Waals surface area contributed by atoms with Crippen molar-refractivity contribution in [3.05, 3.63) is 51.7 Å². The number of benzene rings is 1. The van der Waals surface area contributed by atoms with Crippen LogP contribution in [0.3, 0.4) is 0 Å². The molecule has 2 aromatic rings. The molecule has 1 amide bonds. The van der Waals surface area contributed by atoms with Gasteiger partial charge in [-0.1, -0.05) is 0 Å². The molecule has 4 heteroatoms. The average molecular weight is 288 g/mol. The number of nitrogens with one attached hydrogen (secondary N) is 2. The lowest BCUT2D eigenvalue weighted by Gasteiger charge is -2.15. The molecule has 1 unspecified atom stereocenters. The van der Waals surface area contributed by atoms with Gasteiger partial charge in [0.25, 0.3) is 5.91 Å². The van der Waals surface area contributed by atoms with Crippen molar-refractivity contribution in [1.29, 1.82) is 0 Å². The van der Waals surface area contributed by atoms with Gasteiger partial charge in [0.15, 0.2) is 0 Å². The fraction of sp³-hybridized carbons (Fsp3) is 0.312. The van der Waals surface area contributed by atoms with Crippen LogP contribution in [0.15, 0.2) is 35.0 Å². The quantitative estimate of drug-likeness (QED) is 0.884. The molecule has 0 aliphatic rings. The minimum absolute atomic E-state index is 0.00659. The van der Waals surface area contributed by atoms with Crippen LogP contribution in [0.4, 0.5) is 5.69 Å². The van der Waals surface area contributed by atoms with Crippen LogP contribution in [0, 0.1) is 6.92 Å².